The number of amides is 2. The Morgan fingerprint density at radius 3 is 2.31 bits per heavy atom. The number of carbonyl (C=O) groups excluding carboxylic acids is 2. The smallest absolute Gasteiger partial charge is 0.255 e. The fourth-order valence-corrected chi connectivity index (χ4v) is 3.69. The van der Waals surface area contributed by atoms with Gasteiger partial charge in [0.1, 0.15) is 18.2 Å². The molecule has 1 atom stereocenters. The van der Waals surface area contributed by atoms with E-state index in [-0.39, 0.29) is 12.5 Å². The van der Waals surface area contributed by atoms with E-state index in [1.807, 2.05) is 0 Å². The van der Waals surface area contributed by atoms with Crippen molar-refractivity contribution in [2.45, 2.75) is 6.04 Å². The first-order valence-corrected chi connectivity index (χ1v) is 9.63. The first kappa shape index (κ1) is 19.3. The molecule has 1 N–H and O–H groups in total. The van der Waals surface area contributed by atoms with Crippen LogP contribution in [0.25, 0.3) is 0 Å². The zero-order valence-corrected chi connectivity index (χ0v) is 16.6. The molecule has 3 aromatic carbocycles. The third-order valence-electron chi connectivity index (χ3n) is 4.75. The van der Waals surface area contributed by atoms with E-state index in [0.29, 0.717) is 22.4 Å². The van der Waals surface area contributed by atoms with Gasteiger partial charge in [-0.05, 0) is 60.2 Å². The summed E-state index contributed by atoms with van der Waals surface area (Å²) in [5.41, 5.74) is 1.79. The second-order valence-electron chi connectivity index (χ2n) is 6.67. The monoisotopic (exact) mass is 456 g/mol. The predicted octanol–water partition coefficient (Wildman–Crippen LogP) is 4.91. The number of rotatable bonds is 2. The molecule has 0 bridgehead atoms. The standard InChI is InChI=1S/C22H15BrF2N2O2/c23-15-5-1-14(2-6-15)22(29)27-12-20(28)26-19-10-9-17(25)11-18(19)21(27)13-3-7-16(24)8-4-13/h1-11,21H,12H2,(H,26,28)/t21-/m0/s1. The summed E-state index contributed by atoms with van der Waals surface area (Å²) in [4.78, 5) is 27.2. The number of carbonyl (C=O) groups is 2. The van der Waals surface area contributed by atoms with E-state index in [9.17, 15) is 18.4 Å². The van der Waals surface area contributed by atoms with Crippen LogP contribution in [0.15, 0.2) is 71.2 Å². The van der Waals surface area contributed by atoms with E-state index in [0.717, 1.165) is 4.47 Å². The number of hydrogen-bond acceptors (Lipinski definition) is 2. The number of anilines is 1. The molecule has 3 aromatic rings. The van der Waals surface area contributed by atoms with Gasteiger partial charge in [0.2, 0.25) is 5.91 Å². The molecule has 0 unspecified atom stereocenters. The van der Waals surface area contributed by atoms with Crippen LogP contribution < -0.4 is 5.32 Å². The van der Waals surface area contributed by atoms with Crippen molar-refractivity contribution in [1.82, 2.24) is 4.90 Å². The van der Waals surface area contributed by atoms with Crippen LogP contribution >= 0.6 is 15.9 Å². The van der Waals surface area contributed by atoms with E-state index < -0.39 is 23.6 Å². The SMILES string of the molecule is O=C1CN(C(=O)c2ccc(Br)cc2)[C@@H](c2ccc(F)cc2)c2cc(F)ccc2N1. The maximum atomic E-state index is 14.1. The second kappa shape index (κ2) is 7.75. The highest BCUT2D eigenvalue weighted by Gasteiger charge is 2.34. The summed E-state index contributed by atoms with van der Waals surface area (Å²) in [6.45, 7) is -0.229. The molecule has 29 heavy (non-hydrogen) atoms. The molecule has 0 spiro atoms. The van der Waals surface area contributed by atoms with Gasteiger partial charge in [0.05, 0.1) is 6.04 Å². The van der Waals surface area contributed by atoms with Gasteiger partial charge in [0.25, 0.3) is 5.91 Å². The van der Waals surface area contributed by atoms with Crippen molar-refractivity contribution in [2.75, 3.05) is 11.9 Å². The minimum absolute atomic E-state index is 0.229. The van der Waals surface area contributed by atoms with Crippen molar-refractivity contribution in [3.8, 4) is 0 Å². The zero-order chi connectivity index (χ0) is 20.5. The van der Waals surface area contributed by atoms with Crippen molar-refractivity contribution >= 4 is 33.4 Å². The van der Waals surface area contributed by atoms with Crippen LogP contribution in [0.1, 0.15) is 27.5 Å². The number of fused-ring (bicyclic) bond motifs is 1. The fraction of sp³-hybridized carbons (Fsp3) is 0.0909. The molecule has 2 amide bonds. The highest BCUT2D eigenvalue weighted by atomic mass is 79.9. The molecule has 0 saturated carbocycles. The number of nitrogens with zero attached hydrogens (tertiary/aromatic N) is 1. The van der Waals surface area contributed by atoms with Gasteiger partial charge in [-0.15, -0.1) is 0 Å². The Hall–Kier alpha value is -3.06. The normalized spacial score (nSPS) is 16.0. The average molecular weight is 457 g/mol. The average Bonchev–Trinajstić information content (AvgIpc) is 2.84. The van der Waals surface area contributed by atoms with Crippen LogP contribution in [0.2, 0.25) is 0 Å². The van der Waals surface area contributed by atoms with Crippen LogP contribution in [0.4, 0.5) is 14.5 Å². The molecule has 0 aromatic heterocycles. The Bertz CT molecular complexity index is 1080. The lowest BCUT2D eigenvalue weighted by molar-refractivity contribution is -0.117. The Balaban J connectivity index is 1.88. The molecular formula is C22H15BrF2N2O2. The van der Waals surface area contributed by atoms with Gasteiger partial charge in [-0.2, -0.15) is 0 Å². The van der Waals surface area contributed by atoms with Crippen LogP contribution in [0, 0.1) is 11.6 Å². The highest BCUT2D eigenvalue weighted by Crippen LogP contribution is 2.37. The summed E-state index contributed by atoms with van der Waals surface area (Å²) in [6.07, 6.45) is 0. The molecule has 0 aliphatic carbocycles. The van der Waals surface area contributed by atoms with E-state index in [1.165, 1.54) is 47.4 Å². The molecule has 0 fully saturated rings. The molecule has 0 radical (unpaired) electrons. The van der Waals surface area contributed by atoms with Crippen LogP contribution in [-0.4, -0.2) is 23.3 Å². The molecular weight excluding hydrogens is 442 g/mol. The molecule has 4 rings (SSSR count). The van der Waals surface area contributed by atoms with Gasteiger partial charge in [-0.25, -0.2) is 8.78 Å². The van der Waals surface area contributed by atoms with Gasteiger partial charge in [-0.3, -0.25) is 9.59 Å². The Kier molecular flexibility index (Phi) is 5.15. The Morgan fingerprint density at radius 2 is 1.62 bits per heavy atom. The maximum absolute atomic E-state index is 14.1. The maximum Gasteiger partial charge on any atom is 0.255 e. The zero-order valence-electron chi connectivity index (χ0n) is 15.0. The quantitative estimate of drug-likeness (QED) is 0.595. The molecule has 4 nitrogen and oxygen atoms in total. The molecule has 1 aliphatic heterocycles. The van der Waals surface area contributed by atoms with Gasteiger partial charge in [0.15, 0.2) is 0 Å². The lowest BCUT2D eigenvalue weighted by Crippen LogP contribution is -2.39. The summed E-state index contributed by atoms with van der Waals surface area (Å²) in [5.74, 6) is -1.71. The number of nitrogens with one attached hydrogen (secondary N) is 1. The van der Waals surface area contributed by atoms with Crippen LogP contribution in [-0.2, 0) is 4.79 Å². The van der Waals surface area contributed by atoms with Crippen molar-refractivity contribution in [2.24, 2.45) is 0 Å². The number of hydrogen-bond donors (Lipinski definition) is 1. The summed E-state index contributed by atoms with van der Waals surface area (Å²) in [7, 11) is 0. The lowest BCUT2D eigenvalue weighted by atomic mass is 9.95. The largest absolute Gasteiger partial charge is 0.324 e. The van der Waals surface area contributed by atoms with E-state index in [2.05, 4.69) is 21.2 Å². The van der Waals surface area contributed by atoms with E-state index >= 15 is 0 Å². The van der Waals surface area contributed by atoms with Crippen molar-refractivity contribution in [3.63, 3.8) is 0 Å². The molecule has 7 heteroatoms. The van der Waals surface area contributed by atoms with Gasteiger partial charge >= 0.3 is 0 Å². The van der Waals surface area contributed by atoms with Crippen molar-refractivity contribution in [3.05, 3.63) is 99.5 Å². The van der Waals surface area contributed by atoms with Gasteiger partial charge in [0, 0.05) is 21.3 Å². The lowest BCUT2D eigenvalue weighted by Gasteiger charge is -2.30. The summed E-state index contributed by atoms with van der Waals surface area (Å²) < 4.78 is 28.4. The predicted molar refractivity (Wildman–Crippen MR) is 108 cm³/mol. The van der Waals surface area contributed by atoms with Gasteiger partial charge < -0.3 is 10.2 Å². The Morgan fingerprint density at radius 1 is 0.966 bits per heavy atom. The number of benzene rings is 3. The third-order valence-corrected chi connectivity index (χ3v) is 5.27. The summed E-state index contributed by atoms with van der Waals surface area (Å²) in [6, 6.07) is 15.6. The fourth-order valence-electron chi connectivity index (χ4n) is 3.43. The Labute approximate surface area is 174 Å². The van der Waals surface area contributed by atoms with E-state index in [4.69, 9.17) is 0 Å². The minimum Gasteiger partial charge on any atom is -0.324 e. The van der Waals surface area contributed by atoms with E-state index in [1.54, 1.807) is 24.3 Å². The molecule has 1 heterocycles. The topological polar surface area (TPSA) is 49.4 Å². The molecule has 1 aliphatic rings. The molecule has 146 valence electrons. The van der Waals surface area contributed by atoms with Crippen LogP contribution in [0.5, 0.6) is 0 Å². The van der Waals surface area contributed by atoms with Gasteiger partial charge in [-0.1, -0.05) is 28.1 Å². The second-order valence-corrected chi connectivity index (χ2v) is 7.59. The number of halogens is 3. The molecule has 0 saturated heterocycles. The van der Waals surface area contributed by atoms with Crippen molar-refractivity contribution in [1.29, 1.82) is 0 Å². The minimum atomic E-state index is -0.767. The third kappa shape index (κ3) is 3.91. The first-order valence-electron chi connectivity index (χ1n) is 8.83. The highest BCUT2D eigenvalue weighted by molar-refractivity contribution is 9.10. The summed E-state index contributed by atoms with van der Waals surface area (Å²) in [5, 5.41) is 2.73. The van der Waals surface area contributed by atoms with Crippen molar-refractivity contribution < 1.29 is 18.4 Å². The summed E-state index contributed by atoms with van der Waals surface area (Å²) >= 11 is 3.33. The van der Waals surface area contributed by atoms with Crippen LogP contribution in [0.3, 0.4) is 0 Å². The first-order chi connectivity index (χ1) is 13.9.